The number of benzene rings is 1. The summed E-state index contributed by atoms with van der Waals surface area (Å²) in [6.45, 7) is 2.60. The molecule has 6 heteroatoms. The first-order chi connectivity index (χ1) is 9.45. The number of hydrogen-bond donors (Lipinski definition) is 2. The number of nitrogens with one attached hydrogen (secondary N) is 2. The highest BCUT2D eigenvalue weighted by Gasteiger charge is 2.40. The molecule has 2 aliphatic heterocycles. The van der Waals surface area contributed by atoms with Gasteiger partial charge >= 0.3 is 6.18 Å². The highest BCUT2D eigenvalue weighted by Crippen LogP contribution is 2.35. The van der Waals surface area contributed by atoms with E-state index >= 15 is 0 Å². The normalized spacial score (nSPS) is 29.7. The molecule has 0 spiro atoms. The van der Waals surface area contributed by atoms with Crippen LogP contribution in [0.5, 0.6) is 0 Å². The van der Waals surface area contributed by atoms with Gasteiger partial charge in [0.2, 0.25) is 0 Å². The second-order valence-electron chi connectivity index (χ2n) is 5.60. The van der Waals surface area contributed by atoms with Crippen LogP contribution in [0.15, 0.2) is 18.2 Å². The third-order valence-corrected chi connectivity index (χ3v) is 4.37. The standard InChI is InChI=1S/C14H16F4N2/c15-10-2-1-8(12(4-10)14(16,17)18)3-13-11-7-19-5-9(11)6-20-13/h1-2,4,9,11,13,19-20H,3,5-7H2. The molecular weight excluding hydrogens is 272 g/mol. The lowest BCUT2D eigenvalue weighted by molar-refractivity contribution is -0.138. The summed E-state index contributed by atoms with van der Waals surface area (Å²) < 4.78 is 52.0. The van der Waals surface area contributed by atoms with E-state index in [1.165, 1.54) is 6.07 Å². The summed E-state index contributed by atoms with van der Waals surface area (Å²) in [6, 6.07) is 2.98. The van der Waals surface area contributed by atoms with Crippen LogP contribution >= 0.6 is 0 Å². The Kier molecular flexibility index (Phi) is 3.46. The predicted octanol–water partition coefficient (Wildman–Crippen LogP) is 2.19. The van der Waals surface area contributed by atoms with Gasteiger partial charge in [0.15, 0.2) is 0 Å². The Morgan fingerprint density at radius 2 is 1.95 bits per heavy atom. The quantitative estimate of drug-likeness (QED) is 0.815. The fourth-order valence-electron chi connectivity index (χ4n) is 3.35. The molecule has 3 atom stereocenters. The van der Waals surface area contributed by atoms with Gasteiger partial charge in [0.25, 0.3) is 0 Å². The Morgan fingerprint density at radius 1 is 1.15 bits per heavy atom. The predicted molar refractivity (Wildman–Crippen MR) is 66.7 cm³/mol. The van der Waals surface area contributed by atoms with Crippen LogP contribution in [0.4, 0.5) is 17.6 Å². The topological polar surface area (TPSA) is 24.1 Å². The van der Waals surface area contributed by atoms with Crippen molar-refractivity contribution in [2.75, 3.05) is 19.6 Å². The van der Waals surface area contributed by atoms with Crippen molar-refractivity contribution in [2.24, 2.45) is 11.8 Å². The highest BCUT2D eigenvalue weighted by atomic mass is 19.4. The smallest absolute Gasteiger partial charge is 0.316 e. The minimum Gasteiger partial charge on any atom is -0.316 e. The van der Waals surface area contributed by atoms with E-state index < -0.39 is 17.6 Å². The maximum Gasteiger partial charge on any atom is 0.416 e. The van der Waals surface area contributed by atoms with Crippen LogP contribution in [0.1, 0.15) is 11.1 Å². The minimum atomic E-state index is -4.51. The van der Waals surface area contributed by atoms with Crippen molar-refractivity contribution in [2.45, 2.75) is 18.6 Å². The van der Waals surface area contributed by atoms with Crippen LogP contribution in [0, 0.1) is 17.7 Å². The van der Waals surface area contributed by atoms with Gasteiger partial charge in [-0.25, -0.2) is 4.39 Å². The molecule has 0 saturated carbocycles. The Labute approximate surface area is 114 Å². The lowest BCUT2D eigenvalue weighted by atomic mass is 9.89. The van der Waals surface area contributed by atoms with E-state index in [0.29, 0.717) is 17.9 Å². The van der Waals surface area contributed by atoms with Crippen LogP contribution in [0.3, 0.4) is 0 Å². The largest absolute Gasteiger partial charge is 0.416 e. The molecule has 2 fully saturated rings. The molecule has 3 rings (SSSR count). The van der Waals surface area contributed by atoms with Crippen molar-refractivity contribution in [3.05, 3.63) is 35.1 Å². The highest BCUT2D eigenvalue weighted by molar-refractivity contribution is 5.31. The Hall–Kier alpha value is -1.14. The molecule has 1 aromatic carbocycles. The van der Waals surface area contributed by atoms with Gasteiger partial charge in [-0.1, -0.05) is 6.07 Å². The van der Waals surface area contributed by atoms with Crippen molar-refractivity contribution >= 4 is 0 Å². The van der Waals surface area contributed by atoms with Crippen LogP contribution < -0.4 is 10.6 Å². The van der Waals surface area contributed by atoms with Gasteiger partial charge in [-0.2, -0.15) is 13.2 Å². The van der Waals surface area contributed by atoms with E-state index in [9.17, 15) is 17.6 Å². The summed E-state index contributed by atoms with van der Waals surface area (Å²) in [5.74, 6) is 0.0109. The summed E-state index contributed by atoms with van der Waals surface area (Å²) in [6.07, 6.45) is -4.22. The second-order valence-corrected chi connectivity index (χ2v) is 5.60. The zero-order chi connectivity index (χ0) is 14.3. The average Bonchev–Trinajstić information content (AvgIpc) is 2.95. The lowest BCUT2D eigenvalue weighted by Crippen LogP contribution is -2.33. The summed E-state index contributed by atoms with van der Waals surface area (Å²) in [5.41, 5.74) is -0.683. The van der Waals surface area contributed by atoms with Crippen molar-refractivity contribution in [1.82, 2.24) is 10.6 Å². The monoisotopic (exact) mass is 288 g/mol. The van der Waals surface area contributed by atoms with Crippen LogP contribution in [-0.4, -0.2) is 25.7 Å². The first-order valence-corrected chi connectivity index (χ1v) is 6.75. The number of alkyl halides is 3. The van der Waals surface area contributed by atoms with E-state index in [1.807, 2.05) is 0 Å². The van der Waals surface area contributed by atoms with E-state index in [2.05, 4.69) is 10.6 Å². The molecule has 0 bridgehead atoms. The van der Waals surface area contributed by atoms with Crippen LogP contribution in [0.2, 0.25) is 0 Å². The molecule has 2 N–H and O–H groups in total. The van der Waals surface area contributed by atoms with E-state index in [-0.39, 0.29) is 18.0 Å². The first kappa shape index (κ1) is 13.8. The molecule has 1 aromatic rings. The minimum absolute atomic E-state index is 0.0292. The molecule has 0 radical (unpaired) electrons. The van der Waals surface area contributed by atoms with Gasteiger partial charge in [0.1, 0.15) is 5.82 Å². The summed E-state index contributed by atoms with van der Waals surface area (Å²) in [5, 5.41) is 6.57. The van der Waals surface area contributed by atoms with Crippen molar-refractivity contribution < 1.29 is 17.6 Å². The molecule has 2 heterocycles. The fraction of sp³-hybridized carbons (Fsp3) is 0.571. The van der Waals surface area contributed by atoms with Crippen LogP contribution in [-0.2, 0) is 12.6 Å². The Bertz CT molecular complexity index is 500. The van der Waals surface area contributed by atoms with Gasteiger partial charge in [0, 0.05) is 6.04 Å². The number of rotatable bonds is 2. The average molecular weight is 288 g/mol. The number of halogens is 4. The molecule has 2 aliphatic rings. The molecule has 0 aromatic heterocycles. The van der Waals surface area contributed by atoms with Gasteiger partial charge in [-0.05, 0) is 55.6 Å². The SMILES string of the molecule is Fc1ccc(CC2NCC3CNCC32)c(C(F)(F)F)c1. The molecule has 0 aliphatic carbocycles. The van der Waals surface area contributed by atoms with Gasteiger partial charge in [-0.3, -0.25) is 0 Å². The molecule has 2 nitrogen and oxygen atoms in total. The summed E-state index contributed by atoms with van der Waals surface area (Å²) in [7, 11) is 0. The zero-order valence-electron chi connectivity index (χ0n) is 10.8. The summed E-state index contributed by atoms with van der Waals surface area (Å²) >= 11 is 0. The summed E-state index contributed by atoms with van der Waals surface area (Å²) in [4.78, 5) is 0. The Balaban J connectivity index is 1.84. The maximum atomic E-state index is 13.1. The molecule has 3 unspecified atom stereocenters. The maximum absolute atomic E-state index is 13.1. The molecule has 0 amide bonds. The molecular formula is C14H16F4N2. The Morgan fingerprint density at radius 3 is 2.70 bits per heavy atom. The third kappa shape index (κ3) is 2.54. The third-order valence-electron chi connectivity index (χ3n) is 4.37. The molecule has 20 heavy (non-hydrogen) atoms. The number of hydrogen-bond acceptors (Lipinski definition) is 2. The molecule has 110 valence electrons. The molecule has 2 saturated heterocycles. The fourth-order valence-corrected chi connectivity index (χ4v) is 3.35. The van der Waals surface area contributed by atoms with E-state index in [1.54, 1.807) is 0 Å². The van der Waals surface area contributed by atoms with E-state index in [0.717, 1.165) is 25.7 Å². The van der Waals surface area contributed by atoms with Crippen molar-refractivity contribution in [1.29, 1.82) is 0 Å². The lowest BCUT2D eigenvalue weighted by Gasteiger charge is -2.20. The van der Waals surface area contributed by atoms with Gasteiger partial charge in [0.05, 0.1) is 5.56 Å². The van der Waals surface area contributed by atoms with Gasteiger partial charge < -0.3 is 10.6 Å². The van der Waals surface area contributed by atoms with Crippen LogP contribution in [0.25, 0.3) is 0 Å². The number of fused-ring (bicyclic) bond motifs is 1. The zero-order valence-corrected chi connectivity index (χ0v) is 10.8. The second kappa shape index (κ2) is 5.00. The van der Waals surface area contributed by atoms with Gasteiger partial charge in [-0.15, -0.1) is 0 Å². The van der Waals surface area contributed by atoms with Crippen molar-refractivity contribution in [3.8, 4) is 0 Å². The van der Waals surface area contributed by atoms with E-state index in [4.69, 9.17) is 0 Å². The first-order valence-electron chi connectivity index (χ1n) is 6.75. The van der Waals surface area contributed by atoms with Crippen molar-refractivity contribution in [3.63, 3.8) is 0 Å².